The van der Waals surface area contributed by atoms with Gasteiger partial charge in [-0.2, -0.15) is 21.7 Å². The van der Waals surface area contributed by atoms with Gasteiger partial charge in [-0.05, 0) is 70.6 Å². The zero-order valence-corrected chi connectivity index (χ0v) is 81.8. The fourth-order valence-corrected chi connectivity index (χ4v) is 6.60. The number of pyridine rings is 6. The molecule has 0 bridgehead atoms. The Balaban J connectivity index is -0.000000176. The zero-order valence-electron chi connectivity index (χ0n) is 64.9. The number of halogens is 8. The van der Waals surface area contributed by atoms with Crippen molar-refractivity contribution in [3.05, 3.63) is 385 Å². The van der Waals surface area contributed by atoms with Gasteiger partial charge in [-0.15, -0.1) is 168 Å². The van der Waals surface area contributed by atoms with Gasteiger partial charge in [0.15, 0.2) is 0 Å². The number of hydrogen-bond donors (Lipinski definition) is 0. The van der Waals surface area contributed by atoms with Crippen LogP contribution in [0.25, 0.3) is 67.5 Å². The number of hydrogen-bond acceptors (Lipinski definition) is 6. The topological polar surface area (TPSA) is 77.3 Å². The summed E-state index contributed by atoms with van der Waals surface area (Å²) < 4.78 is 51.6. The largest absolute Gasteiger partial charge is 3.00 e. The molecule has 612 valence electrons. The maximum Gasteiger partial charge on any atom is 3.00 e. The minimum atomic E-state index is -0.649. The van der Waals surface area contributed by atoms with Crippen molar-refractivity contribution in [3.63, 3.8) is 0 Å². The minimum Gasteiger partial charge on any atom is -0.305 e. The van der Waals surface area contributed by atoms with Gasteiger partial charge in [-0.25, -0.2) is 0 Å². The zero-order chi connectivity index (χ0) is 78.8. The van der Waals surface area contributed by atoms with Crippen LogP contribution in [0.4, 0.5) is 17.6 Å². The van der Waals surface area contributed by atoms with Crippen LogP contribution >= 0.6 is 37.7 Å². The van der Waals surface area contributed by atoms with E-state index in [1.54, 1.807) is 149 Å². The first kappa shape index (κ1) is 121. The van der Waals surface area contributed by atoms with Crippen LogP contribution in [0.2, 0.25) is 0 Å². The van der Waals surface area contributed by atoms with Gasteiger partial charge in [-0.3, -0.25) is 17.6 Å². The maximum absolute atomic E-state index is 13.2. The van der Waals surface area contributed by atoms with Gasteiger partial charge in [0.2, 0.25) is 0 Å². The van der Waals surface area contributed by atoms with E-state index in [9.17, 15) is 17.6 Å². The first-order valence-electron chi connectivity index (χ1n) is 31.4. The molecule has 0 fully saturated rings. The van der Waals surface area contributed by atoms with Crippen LogP contribution in [0, 0.1) is 139 Å². The molecule has 6 nitrogen and oxygen atoms in total. The Labute approximate surface area is 749 Å². The second-order valence-corrected chi connectivity index (χ2v) is 25.7. The van der Waals surface area contributed by atoms with Crippen molar-refractivity contribution in [3.8, 4) is 67.5 Å². The Morgan fingerprint density at radius 2 is 0.436 bits per heavy atom. The van der Waals surface area contributed by atoms with Gasteiger partial charge in [0.25, 0.3) is 0 Å². The Hall–Kier alpha value is -4.85. The van der Waals surface area contributed by atoms with Crippen molar-refractivity contribution >= 4 is 37.7 Å². The molecule has 0 atom stereocenters. The van der Waals surface area contributed by atoms with Crippen LogP contribution in [-0.4, -0.2) is 29.9 Å². The molecule has 110 heavy (non-hydrogen) atoms. The molecule has 0 saturated heterocycles. The molecule has 12 rings (SSSR count). The van der Waals surface area contributed by atoms with E-state index in [0.717, 1.165) is 69.3 Å². The van der Waals surface area contributed by atoms with Crippen molar-refractivity contribution < 1.29 is 133 Å². The van der Waals surface area contributed by atoms with E-state index in [-0.39, 0.29) is 103 Å². The molecule has 20 heteroatoms. The van der Waals surface area contributed by atoms with Gasteiger partial charge in [-0.1, -0.05) is 179 Å². The summed E-state index contributed by atoms with van der Waals surface area (Å²) in [6.45, 7) is 40.0. The van der Waals surface area contributed by atoms with Crippen molar-refractivity contribution in [1.29, 1.82) is 0 Å². The third-order valence-corrected chi connectivity index (χ3v) is 10.2. The minimum absolute atomic E-state index is 0. The van der Waals surface area contributed by atoms with Crippen LogP contribution in [0.5, 0.6) is 0 Å². The van der Waals surface area contributed by atoms with Crippen molar-refractivity contribution in [2.75, 3.05) is 0 Å². The summed E-state index contributed by atoms with van der Waals surface area (Å²) in [5, 5.41) is 0. The van der Waals surface area contributed by atoms with Crippen molar-refractivity contribution in [2.24, 2.45) is 21.7 Å². The van der Waals surface area contributed by atoms with E-state index >= 15 is 0 Å². The predicted molar refractivity (Wildman–Crippen MR) is 439 cm³/mol. The van der Waals surface area contributed by atoms with E-state index < -0.39 is 23.3 Å². The molecule has 6 aromatic heterocycles. The summed E-state index contributed by atoms with van der Waals surface area (Å²) >= 11 is 6.44. The second-order valence-electron chi connectivity index (χ2n) is 25.7. The molecule has 12 aromatic rings. The SMILES string of the molecule is Fc1c[c-]c(-c2ccccn2)c(F)c1.Fc1c[c-]c(-c2ccccn2)c(F)c1.[CH2-]C(C)(C)C.[CH2-]C(C)(C)C.[CH2-]C(C)(C)C.[CH2-]C(C)(C)C.[CH3-].[CH3-].[CH3-].[CH3-].[Cl][Pt].[Cl][Pt].[Cl][Pt].[Cl][Pt].[Ir+3].[Ir+3].[c-]1ccccc1-c1ccccn1.[c-]1ccccc1-c1ccccn1.[c-]1ccccc1-c1ccccn1.[c-]1ccccc1-c1ccccn1. The summed E-state index contributed by atoms with van der Waals surface area (Å²) in [6.07, 6.45) is 10.2. The maximum atomic E-state index is 13.2. The van der Waals surface area contributed by atoms with Crippen LogP contribution in [-0.2, 0) is 115 Å². The van der Waals surface area contributed by atoms with Crippen molar-refractivity contribution in [2.45, 2.75) is 83.1 Å². The van der Waals surface area contributed by atoms with Crippen molar-refractivity contribution in [1.82, 2.24) is 29.9 Å². The molecule has 0 saturated carbocycles. The average Bonchev–Trinajstić information content (AvgIpc) is 0.890. The molecule has 0 aliphatic heterocycles. The quantitative estimate of drug-likeness (QED) is 0.122. The normalized spacial score (nSPS) is 9.24. The number of aromatic nitrogens is 6. The van der Waals surface area contributed by atoms with E-state index in [1.165, 1.54) is 0 Å². The number of rotatable bonds is 6. The van der Waals surface area contributed by atoms with Gasteiger partial charge < -0.3 is 87.3 Å². The Bertz CT molecular complexity index is 3340. The summed E-state index contributed by atoms with van der Waals surface area (Å²) in [5.41, 5.74) is 10.3. The van der Waals surface area contributed by atoms with E-state index in [4.69, 9.17) is 0 Å². The monoisotopic (exact) mass is 2650 g/mol. The van der Waals surface area contributed by atoms with Gasteiger partial charge >= 0.3 is 153 Å². The smallest absolute Gasteiger partial charge is 0.305 e. The average molecular weight is 2650 g/mol. The fourth-order valence-electron chi connectivity index (χ4n) is 6.60. The Morgan fingerprint density at radius 3 is 0.573 bits per heavy atom. The first-order valence-corrected chi connectivity index (χ1v) is 42.7. The summed E-state index contributed by atoms with van der Waals surface area (Å²) in [6, 6.07) is 86.3. The molecule has 0 unspecified atom stereocenters. The summed E-state index contributed by atoms with van der Waals surface area (Å²) in [7, 11) is 18.4. The van der Waals surface area contributed by atoms with E-state index in [1.807, 2.05) is 170 Å². The molecule has 0 spiro atoms. The molecule has 0 amide bonds. The van der Waals surface area contributed by atoms with Gasteiger partial charge in [0.05, 0.1) is 0 Å². The predicted octanol–water partition coefficient (Wildman–Crippen LogP) is 27.9. The first-order chi connectivity index (χ1) is 49.4. The van der Waals surface area contributed by atoms with Crippen LogP contribution < -0.4 is 0 Å². The molecule has 0 aliphatic carbocycles. The molecule has 0 aliphatic rings. The van der Waals surface area contributed by atoms with Crippen LogP contribution in [0.15, 0.2) is 268 Å². The molecule has 0 N–H and O–H groups in total. The van der Waals surface area contributed by atoms with Crippen LogP contribution in [0.3, 0.4) is 0 Å². The Kier molecular flexibility index (Phi) is 80.3. The third-order valence-electron chi connectivity index (χ3n) is 10.2. The molecule has 6 heterocycles. The molecule has 6 aromatic carbocycles. The summed E-state index contributed by atoms with van der Waals surface area (Å²) in [5.74, 6) is -2.57. The van der Waals surface area contributed by atoms with Gasteiger partial charge in [0.1, 0.15) is 0 Å². The number of nitrogens with zero attached hydrogens (tertiary/aromatic N) is 6. The van der Waals surface area contributed by atoms with E-state index in [0.29, 0.717) is 11.4 Å². The van der Waals surface area contributed by atoms with Gasteiger partial charge in [0, 0.05) is 60.4 Å². The number of benzene rings is 6. The van der Waals surface area contributed by atoms with E-state index in [2.05, 4.69) is 215 Å². The fraction of sp³-hybridized carbons (Fsp3) is 0.178. The molecular formula is C90H100Cl4F4Ir2N6Pt4-8. The molecular weight excluding hydrogens is 2550 g/mol. The Morgan fingerprint density at radius 1 is 0.273 bits per heavy atom. The van der Waals surface area contributed by atoms with Crippen LogP contribution in [0.1, 0.15) is 83.1 Å². The standard InChI is InChI=1S/2C11H6F2N.4C11H8N.4C5H11.4CH3.4ClH.2Ir.4Pt/c2*12-8-4-5-9(10(13)7-8)11-3-1-2-6-14-11;4*1-2-6-10(7-3-1)11-8-4-5-9-12-11;4*1-5(2,3)4;;;;;;;;;;;;;;/h2*1-4,6-7H;4*1-6,8-9H;4*1H2,2-4H3;4*1H3;4*1H;;;;;;/q14*-1;;;;;2*+3;4*+1/p-4. The molecule has 0 radical (unpaired) electrons. The summed E-state index contributed by atoms with van der Waals surface area (Å²) in [4.78, 5) is 24.8. The second kappa shape index (κ2) is 73.1. The third kappa shape index (κ3) is 68.7.